The van der Waals surface area contributed by atoms with Crippen molar-refractivity contribution in [3.63, 3.8) is 0 Å². The molecule has 0 bridgehead atoms. The van der Waals surface area contributed by atoms with Crippen molar-refractivity contribution < 1.29 is 0 Å². The zero-order valence-corrected chi connectivity index (χ0v) is 33.6. The van der Waals surface area contributed by atoms with E-state index in [0.717, 1.165) is 94.7 Å². The predicted molar refractivity (Wildman–Crippen MR) is 255 cm³/mol. The van der Waals surface area contributed by atoms with E-state index in [2.05, 4.69) is 227 Å². The molecule has 0 saturated carbocycles. The third-order valence-corrected chi connectivity index (χ3v) is 11.9. The van der Waals surface area contributed by atoms with Crippen LogP contribution in [0.5, 0.6) is 0 Å². The van der Waals surface area contributed by atoms with E-state index < -0.39 is 0 Å². The Morgan fingerprint density at radius 2 is 0.887 bits per heavy atom. The second-order valence-electron chi connectivity index (χ2n) is 15.7. The second-order valence-corrected chi connectivity index (χ2v) is 15.7. The molecule has 0 unspecified atom stereocenters. The van der Waals surface area contributed by atoms with E-state index in [0.29, 0.717) is 5.82 Å². The van der Waals surface area contributed by atoms with Gasteiger partial charge in [0.2, 0.25) is 0 Å². The summed E-state index contributed by atoms with van der Waals surface area (Å²) in [6, 6.07) is 79.0. The maximum atomic E-state index is 5.45. The molecule has 0 aliphatic carbocycles. The van der Waals surface area contributed by atoms with Crippen molar-refractivity contribution in [3.05, 3.63) is 224 Å². The highest BCUT2D eigenvalue weighted by molar-refractivity contribution is 6.11. The van der Waals surface area contributed by atoms with Gasteiger partial charge in [0.15, 0.2) is 5.82 Å². The van der Waals surface area contributed by atoms with Crippen LogP contribution in [0, 0.1) is 0 Å². The highest BCUT2D eigenvalue weighted by Gasteiger charge is 2.22. The molecule has 0 aliphatic heterocycles. The van der Waals surface area contributed by atoms with Crippen LogP contribution >= 0.6 is 0 Å². The Hall–Kier alpha value is -8.41. The lowest BCUT2D eigenvalue weighted by molar-refractivity contribution is 0.979. The quantitative estimate of drug-likeness (QED) is 0.162. The summed E-state index contributed by atoms with van der Waals surface area (Å²) in [5.74, 6) is 0.677. The van der Waals surface area contributed by atoms with Crippen molar-refractivity contribution in [2.24, 2.45) is 0 Å². The van der Waals surface area contributed by atoms with E-state index in [4.69, 9.17) is 15.1 Å². The standard InChI is InChI=1S/C57H37N5/c1-5-17-38(18-6-1)49-37-50(59-57(58-49)44-33-34-52-48(35-44)47-27-15-16-28-51(47)61(52)45-24-11-4-12-25-45)39-29-31-42(32-30-39)55-54(41-21-9-3-10-22-41)56-46-26-14-13-23-43(46)36-53(62(56)60-55)40-19-7-2-8-20-40/h1-37H. The molecule has 0 radical (unpaired) electrons. The van der Waals surface area contributed by atoms with Crippen molar-refractivity contribution in [3.8, 4) is 73.2 Å². The average molecular weight is 792 g/mol. The van der Waals surface area contributed by atoms with E-state index in [1.165, 1.54) is 10.8 Å². The molecular weight excluding hydrogens is 755 g/mol. The molecule has 0 N–H and O–H groups in total. The number of pyridine rings is 1. The van der Waals surface area contributed by atoms with Crippen molar-refractivity contribution >= 4 is 38.1 Å². The Labute approximate surface area is 358 Å². The lowest BCUT2D eigenvalue weighted by Crippen LogP contribution is -1.96. The van der Waals surface area contributed by atoms with Gasteiger partial charge in [-0.15, -0.1) is 0 Å². The molecule has 0 aliphatic rings. The van der Waals surface area contributed by atoms with Gasteiger partial charge in [-0.2, -0.15) is 5.10 Å². The molecule has 0 spiro atoms. The Morgan fingerprint density at radius 1 is 0.355 bits per heavy atom. The molecule has 5 heteroatoms. The summed E-state index contributed by atoms with van der Waals surface area (Å²) in [5.41, 5.74) is 15.6. The Morgan fingerprint density at radius 3 is 1.60 bits per heavy atom. The van der Waals surface area contributed by atoms with E-state index in [9.17, 15) is 0 Å². The molecule has 62 heavy (non-hydrogen) atoms. The normalized spacial score (nSPS) is 11.5. The van der Waals surface area contributed by atoms with Crippen LogP contribution in [0.1, 0.15) is 0 Å². The van der Waals surface area contributed by atoms with Crippen molar-refractivity contribution in [1.29, 1.82) is 0 Å². The van der Waals surface area contributed by atoms with Crippen LogP contribution < -0.4 is 0 Å². The molecule has 12 aromatic rings. The minimum Gasteiger partial charge on any atom is -0.309 e. The van der Waals surface area contributed by atoms with Gasteiger partial charge in [-0.3, -0.25) is 0 Å². The summed E-state index contributed by atoms with van der Waals surface area (Å²) in [6.07, 6.45) is 0. The van der Waals surface area contributed by atoms with Crippen LogP contribution in [0.2, 0.25) is 0 Å². The summed E-state index contributed by atoms with van der Waals surface area (Å²) >= 11 is 0. The van der Waals surface area contributed by atoms with Crippen LogP contribution in [-0.4, -0.2) is 24.1 Å². The van der Waals surface area contributed by atoms with Crippen LogP contribution in [0.25, 0.3) is 111 Å². The molecule has 4 heterocycles. The molecule has 0 atom stereocenters. The van der Waals surface area contributed by atoms with Gasteiger partial charge in [0.1, 0.15) is 5.69 Å². The minimum absolute atomic E-state index is 0.677. The van der Waals surface area contributed by atoms with Gasteiger partial charge in [0.25, 0.3) is 0 Å². The van der Waals surface area contributed by atoms with Crippen molar-refractivity contribution in [1.82, 2.24) is 24.1 Å². The lowest BCUT2D eigenvalue weighted by Gasteiger charge is -2.11. The highest BCUT2D eigenvalue weighted by Crippen LogP contribution is 2.42. The summed E-state index contributed by atoms with van der Waals surface area (Å²) in [7, 11) is 0. The highest BCUT2D eigenvalue weighted by atomic mass is 15.2. The molecule has 5 nitrogen and oxygen atoms in total. The van der Waals surface area contributed by atoms with E-state index in [-0.39, 0.29) is 0 Å². The molecule has 4 aromatic heterocycles. The summed E-state index contributed by atoms with van der Waals surface area (Å²) in [5, 5.41) is 10.1. The van der Waals surface area contributed by atoms with E-state index in [1.54, 1.807) is 0 Å². The third-order valence-electron chi connectivity index (χ3n) is 11.9. The monoisotopic (exact) mass is 791 g/mol. The predicted octanol–water partition coefficient (Wildman–Crippen LogP) is 14.4. The zero-order chi connectivity index (χ0) is 41.0. The third kappa shape index (κ3) is 5.98. The fraction of sp³-hybridized carbons (Fsp3) is 0. The van der Waals surface area contributed by atoms with Crippen LogP contribution in [-0.2, 0) is 0 Å². The van der Waals surface area contributed by atoms with Gasteiger partial charge >= 0.3 is 0 Å². The van der Waals surface area contributed by atoms with Gasteiger partial charge in [-0.1, -0.05) is 176 Å². The number of nitrogens with zero attached hydrogens (tertiary/aromatic N) is 5. The van der Waals surface area contributed by atoms with Crippen LogP contribution in [0.4, 0.5) is 0 Å². The smallest absolute Gasteiger partial charge is 0.160 e. The Balaban J connectivity index is 1.02. The number of benzene rings is 8. The average Bonchev–Trinajstić information content (AvgIpc) is 3.92. The molecule has 0 amide bonds. The number of rotatable bonds is 7. The SMILES string of the molecule is c1ccc(-c2cc(-c3ccc(-c4nn5c(-c6ccccc6)cc6ccccc6c5c4-c4ccccc4)cc3)nc(-c3ccc4c(c3)c3ccccc3n4-c3ccccc3)n2)cc1. The molecular formula is C57H37N5. The molecule has 290 valence electrons. The zero-order valence-electron chi connectivity index (χ0n) is 33.6. The van der Waals surface area contributed by atoms with Crippen molar-refractivity contribution in [2.45, 2.75) is 0 Å². The van der Waals surface area contributed by atoms with Crippen LogP contribution in [0.3, 0.4) is 0 Å². The number of fused-ring (bicyclic) bond motifs is 6. The van der Waals surface area contributed by atoms with Gasteiger partial charge < -0.3 is 4.57 Å². The summed E-state index contributed by atoms with van der Waals surface area (Å²) in [4.78, 5) is 10.5. The Kier molecular flexibility index (Phi) is 8.42. The number of para-hydroxylation sites is 2. The molecule has 8 aromatic carbocycles. The molecule has 0 saturated heterocycles. The first-order valence-electron chi connectivity index (χ1n) is 20.9. The minimum atomic E-state index is 0.677. The molecule has 0 fully saturated rings. The second kappa shape index (κ2) is 14.7. The summed E-state index contributed by atoms with van der Waals surface area (Å²) in [6.45, 7) is 0. The lowest BCUT2D eigenvalue weighted by atomic mass is 9.96. The summed E-state index contributed by atoms with van der Waals surface area (Å²) < 4.78 is 4.47. The van der Waals surface area contributed by atoms with Crippen molar-refractivity contribution in [2.75, 3.05) is 0 Å². The van der Waals surface area contributed by atoms with Gasteiger partial charge in [-0.05, 0) is 59.5 Å². The first-order valence-corrected chi connectivity index (χ1v) is 20.9. The van der Waals surface area contributed by atoms with Crippen LogP contribution in [0.15, 0.2) is 224 Å². The van der Waals surface area contributed by atoms with Gasteiger partial charge in [0.05, 0.1) is 33.6 Å². The van der Waals surface area contributed by atoms with E-state index in [1.807, 2.05) is 6.07 Å². The number of hydrogen-bond acceptors (Lipinski definition) is 3. The first kappa shape index (κ1) is 35.5. The topological polar surface area (TPSA) is 48.0 Å². The maximum absolute atomic E-state index is 5.45. The molecule has 12 rings (SSSR count). The maximum Gasteiger partial charge on any atom is 0.160 e. The van der Waals surface area contributed by atoms with Gasteiger partial charge in [0, 0.05) is 55.2 Å². The number of hydrogen-bond donors (Lipinski definition) is 0. The largest absolute Gasteiger partial charge is 0.309 e. The Bertz CT molecular complexity index is 3590. The fourth-order valence-corrected chi connectivity index (χ4v) is 9.03. The number of aromatic nitrogens is 5. The fourth-order valence-electron chi connectivity index (χ4n) is 9.03. The van der Waals surface area contributed by atoms with Gasteiger partial charge in [-0.25, -0.2) is 14.5 Å². The van der Waals surface area contributed by atoms with E-state index >= 15 is 0 Å². The first-order chi connectivity index (χ1) is 30.7.